The lowest BCUT2D eigenvalue weighted by atomic mass is 9.88. The molecule has 0 aliphatic carbocycles. The van der Waals surface area contributed by atoms with Crippen LogP contribution in [-0.2, 0) is 25.5 Å². The minimum atomic E-state index is -0.967. The van der Waals surface area contributed by atoms with Crippen LogP contribution >= 0.6 is 0 Å². The van der Waals surface area contributed by atoms with Gasteiger partial charge in [-0.15, -0.1) is 0 Å². The summed E-state index contributed by atoms with van der Waals surface area (Å²) >= 11 is 0. The van der Waals surface area contributed by atoms with E-state index in [4.69, 9.17) is 9.47 Å². The Balaban J connectivity index is 1.89. The first-order valence-electron chi connectivity index (χ1n) is 9.62. The first kappa shape index (κ1) is 18.2. The molecule has 0 aliphatic rings. The van der Waals surface area contributed by atoms with Gasteiger partial charge in [-0.1, -0.05) is 54.6 Å². The minimum Gasteiger partial charge on any atom is -0.465 e. The number of carbonyl (C=O) groups excluding carboxylic acids is 2. The standard InChI is InChI=1S/C24H22O4/c1-3-27-23(25)20(24(26)28-4-2)14-18-13-17-9-5-7-15-11-12-16-8-6-10-19(18)22(16)21(15)17/h5-13,20H,3-4,14H2,1-2H3. The van der Waals surface area contributed by atoms with E-state index in [0.29, 0.717) is 0 Å². The summed E-state index contributed by atoms with van der Waals surface area (Å²) in [5.74, 6) is -2.04. The van der Waals surface area contributed by atoms with Crippen LogP contribution in [0.1, 0.15) is 19.4 Å². The second-order valence-electron chi connectivity index (χ2n) is 6.84. The second kappa shape index (κ2) is 7.47. The largest absolute Gasteiger partial charge is 0.465 e. The Hall–Kier alpha value is -3.14. The van der Waals surface area contributed by atoms with E-state index < -0.39 is 17.9 Å². The molecule has 4 aromatic carbocycles. The summed E-state index contributed by atoms with van der Waals surface area (Å²) < 4.78 is 10.3. The smallest absolute Gasteiger partial charge is 0.320 e. The highest BCUT2D eigenvalue weighted by molar-refractivity contribution is 6.23. The maximum absolute atomic E-state index is 12.5. The van der Waals surface area contributed by atoms with Crippen molar-refractivity contribution in [2.75, 3.05) is 13.2 Å². The normalized spacial score (nSPS) is 11.5. The fraction of sp³-hybridized carbons (Fsp3) is 0.250. The van der Waals surface area contributed by atoms with Crippen LogP contribution in [0.3, 0.4) is 0 Å². The van der Waals surface area contributed by atoms with Gasteiger partial charge in [0.15, 0.2) is 5.92 Å². The zero-order valence-electron chi connectivity index (χ0n) is 16.0. The molecule has 0 fully saturated rings. The maximum atomic E-state index is 12.5. The average Bonchev–Trinajstić information content (AvgIpc) is 2.70. The van der Waals surface area contributed by atoms with E-state index in [0.717, 1.165) is 21.7 Å². The van der Waals surface area contributed by atoms with Crippen molar-refractivity contribution in [2.45, 2.75) is 20.3 Å². The predicted molar refractivity (Wildman–Crippen MR) is 111 cm³/mol. The van der Waals surface area contributed by atoms with Crippen LogP contribution in [0, 0.1) is 5.92 Å². The fourth-order valence-corrected chi connectivity index (χ4v) is 3.97. The molecular weight excluding hydrogens is 352 g/mol. The Morgan fingerprint density at radius 2 is 1.36 bits per heavy atom. The van der Waals surface area contributed by atoms with Crippen LogP contribution in [0.4, 0.5) is 0 Å². The molecule has 28 heavy (non-hydrogen) atoms. The van der Waals surface area contributed by atoms with Gasteiger partial charge in [0.2, 0.25) is 0 Å². The molecule has 0 amide bonds. The number of esters is 2. The highest BCUT2D eigenvalue weighted by atomic mass is 16.6. The van der Waals surface area contributed by atoms with Gasteiger partial charge in [-0.05, 0) is 58.1 Å². The van der Waals surface area contributed by atoms with E-state index in [-0.39, 0.29) is 19.6 Å². The number of ether oxygens (including phenoxy) is 2. The van der Waals surface area contributed by atoms with Crippen molar-refractivity contribution >= 4 is 44.3 Å². The van der Waals surface area contributed by atoms with Crippen molar-refractivity contribution in [2.24, 2.45) is 5.92 Å². The summed E-state index contributed by atoms with van der Waals surface area (Å²) in [6.45, 7) is 3.92. The Morgan fingerprint density at radius 1 is 0.786 bits per heavy atom. The molecule has 0 aromatic heterocycles. The number of benzene rings is 4. The van der Waals surface area contributed by atoms with Gasteiger partial charge in [-0.3, -0.25) is 9.59 Å². The van der Waals surface area contributed by atoms with Crippen LogP contribution in [-0.4, -0.2) is 25.2 Å². The molecule has 0 bridgehead atoms. The van der Waals surface area contributed by atoms with Crippen LogP contribution in [0.2, 0.25) is 0 Å². The second-order valence-corrected chi connectivity index (χ2v) is 6.84. The molecular formula is C24H22O4. The van der Waals surface area contributed by atoms with E-state index in [2.05, 4.69) is 42.5 Å². The van der Waals surface area contributed by atoms with Gasteiger partial charge in [0, 0.05) is 0 Å². The third kappa shape index (κ3) is 3.05. The predicted octanol–water partition coefficient (Wildman–Crippen LogP) is 4.87. The lowest BCUT2D eigenvalue weighted by Crippen LogP contribution is -2.30. The van der Waals surface area contributed by atoms with Crippen molar-refractivity contribution in [1.29, 1.82) is 0 Å². The van der Waals surface area contributed by atoms with Crippen LogP contribution in [0.25, 0.3) is 32.3 Å². The lowest BCUT2D eigenvalue weighted by molar-refractivity contribution is -0.161. The van der Waals surface area contributed by atoms with Crippen LogP contribution in [0.15, 0.2) is 54.6 Å². The highest BCUT2D eigenvalue weighted by Gasteiger charge is 2.30. The first-order valence-corrected chi connectivity index (χ1v) is 9.62. The molecule has 0 spiro atoms. The summed E-state index contributed by atoms with van der Waals surface area (Å²) in [5.41, 5.74) is 0.947. The van der Waals surface area contributed by atoms with Crippen molar-refractivity contribution in [3.8, 4) is 0 Å². The molecule has 0 saturated carbocycles. The summed E-state index contributed by atoms with van der Waals surface area (Å²) in [4.78, 5) is 24.9. The Bertz CT molecular complexity index is 1140. The van der Waals surface area contributed by atoms with E-state index >= 15 is 0 Å². The summed E-state index contributed by atoms with van der Waals surface area (Å²) in [5, 5.41) is 6.86. The molecule has 0 unspecified atom stereocenters. The van der Waals surface area contributed by atoms with Crippen molar-refractivity contribution in [1.82, 2.24) is 0 Å². The topological polar surface area (TPSA) is 52.6 Å². The Morgan fingerprint density at radius 3 is 2.00 bits per heavy atom. The van der Waals surface area contributed by atoms with Gasteiger partial charge in [0.25, 0.3) is 0 Å². The van der Waals surface area contributed by atoms with E-state index in [1.165, 1.54) is 16.2 Å². The van der Waals surface area contributed by atoms with E-state index in [9.17, 15) is 9.59 Å². The first-order chi connectivity index (χ1) is 13.6. The van der Waals surface area contributed by atoms with Gasteiger partial charge in [0.1, 0.15) is 0 Å². The van der Waals surface area contributed by atoms with Gasteiger partial charge < -0.3 is 9.47 Å². The highest BCUT2D eigenvalue weighted by Crippen LogP contribution is 2.37. The quantitative estimate of drug-likeness (QED) is 0.274. The van der Waals surface area contributed by atoms with Crippen molar-refractivity contribution in [3.05, 3.63) is 60.2 Å². The van der Waals surface area contributed by atoms with Gasteiger partial charge in [-0.2, -0.15) is 0 Å². The number of rotatable bonds is 6. The third-order valence-corrected chi connectivity index (χ3v) is 5.16. The van der Waals surface area contributed by atoms with Gasteiger partial charge >= 0.3 is 11.9 Å². The van der Waals surface area contributed by atoms with E-state index in [1.807, 2.05) is 12.1 Å². The summed E-state index contributed by atoms with van der Waals surface area (Å²) in [6, 6.07) is 18.7. The van der Waals surface area contributed by atoms with Crippen molar-refractivity contribution < 1.29 is 19.1 Å². The van der Waals surface area contributed by atoms with Crippen molar-refractivity contribution in [3.63, 3.8) is 0 Å². The minimum absolute atomic E-state index is 0.228. The molecule has 0 aliphatic heterocycles. The molecule has 0 N–H and O–H groups in total. The number of carbonyl (C=O) groups is 2. The average molecular weight is 374 g/mol. The molecule has 4 nitrogen and oxygen atoms in total. The molecule has 0 heterocycles. The SMILES string of the molecule is CCOC(=O)C(Cc1cc2cccc3ccc4cccc1c4c32)C(=O)OCC. The van der Waals surface area contributed by atoms with Crippen LogP contribution < -0.4 is 0 Å². The molecule has 142 valence electrons. The summed E-state index contributed by atoms with van der Waals surface area (Å²) in [7, 11) is 0. The molecule has 0 saturated heterocycles. The number of hydrogen-bond donors (Lipinski definition) is 0. The Kier molecular flexibility index (Phi) is 4.86. The zero-order valence-corrected chi connectivity index (χ0v) is 16.0. The lowest BCUT2D eigenvalue weighted by Gasteiger charge is -2.18. The maximum Gasteiger partial charge on any atom is 0.320 e. The zero-order chi connectivity index (χ0) is 19.7. The molecule has 0 radical (unpaired) electrons. The Labute approximate surface area is 163 Å². The fourth-order valence-electron chi connectivity index (χ4n) is 3.97. The number of hydrogen-bond acceptors (Lipinski definition) is 4. The molecule has 4 aromatic rings. The van der Waals surface area contributed by atoms with Crippen LogP contribution in [0.5, 0.6) is 0 Å². The molecule has 4 heteroatoms. The summed E-state index contributed by atoms with van der Waals surface area (Å²) in [6.07, 6.45) is 0.251. The van der Waals surface area contributed by atoms with E-state index in [1.54, 1.807) is 13.8 Å². The monoisotopic (exact) mass is 374 g/mol. The third-order valence-electron chi connectivity index (χ3n) is 5.16. The molecule has 0 atom stereocenters. The van der Waals surface area contributed by atoms with Gasteiger partial charge in [0.05, 0.1) is 13.2 Å². The van der Waals surface area contributed by atoms with Gasteiger partial charge in [-0.25, -0.2) is 0 Å². The molecule has 4 rings (SSSR count).